The largest absolute Gasteiger partial charge is 0.0996 e. The third-order valence-electron chi connectivity index (χ3n) is 5.53. The Morgan fingerprint density at radius 3 is 2.85 bits per heavy atom. The quantitative estimate of drug-likeness (QED) is 0.518. The molecular formula is C20H32. The molecule has 3 atom stereocenters. The molecule has 0 N–H and O–H groups in total. The molecule has 0 aliphatic heterocycles. The molecule has 0 aromatic rings. The maximum absolute atomic E-state index is 4.37. The summed E-state index contributed by atoms with van der Waals surface area (Å²) in [5, 5.41) is 0. The highest BCUT2D eigenvalue weighted by Crippen LogP contribution is 2.59. The molecule has 0 radical (unpaired) electrons. The Morgan fingerprint density at radius 1 is 1.40 bits per heavy atom. The van der Waals surface area contributed by atoms with Crippen molar-refractivity contribution in [2.24, 2.45) is 17.3 Å². The zero-order valence-corrected chi connectivity index (χ0v) is 14.0. The fourth-order valence-electron chi connectivity index (χ4n) is 3.88. The molecule has 2 aliphatic rings. The second-order valence-corrected chi connectivity index (χ2v) is 7.67. The highest BCUT2D eigenvalue weighted by molar-refractivity contribution is 5.18. The van der Waals surface area contributed by atoms with Gasteiger partial charge in [-0.15, -0.1) is 0 Å². The summed E-state index contributed by atoms with van der Waals surface area (Å²) in [6.07, 6.45) is 13.9. The summed E-state index contributed by atoms with van der Waals surface area (Å²) in [6.45, 7) is 13.6. The predicted octanol–water partition coefficient (Wildman–Crippen LogP) is 6.45. The zero-order valence-electron chi connectivity index (χ0n) is 14.0. The van der Waals surface area contributed by atoms with Gasteiger partial charge in [0, 0.05) is 0 Å². The van der Waals surface area contributed by atoms with Crippen LogP contribution in [0.4, 0.5) is 0 Å². The molecular weight excluding hydrogens is 240 g/mol. The van der Waals surface area contributed by atoms with E-state index in [4.69, 9.17) is 0 Å². The molecule has 2 rings (SSSR count). The highest BCUT2D eigenvalue weighted by atomic mass is 14.5. The number of hydrogen-bond donors (Lipinski definition) is 0. The van der Waals surface area contributed by atoms with Gasteiger partial charge in [-0.3, -0.25) is 0 Å². The maximum atomic E-state index is 4.37. The van der Waals surface area contributed by atoms with Crippen molar-refractivity contribution >= 4 is 0 Å². The average Bonchev–Trinajstić information content (AvgIpc) is 3.16. The van der Waals surface area contributed by atoms with Crippen molar-refractivity contribution in [3.8, 4) is 0 Å². The summed E-state index contributed by atoms with van der Waals surface area (Å²) in [4.78, 5) is 0. The molecule has 0 spiro atoms. The van der Waals surface area contributed by atoms with E-state index in [0.717, 1.165) is 11.8 Å². The van der Waals surface area contributed by atoms with Gasteiger partial charge in [0.15, 0.2) is 0 Å². The fraction of sp³-hybridized carbons (Fsp3) is 0.700. The smallest absolute Gasteiger partial charge is 0.0169 e. The van der Waals surface area contributed by atoms with Gasteiger partial charge in [0.1, 0.15) is 0 Å². The van der Waals surface area contributed by atoms with Gasteiger partial charge >= 0.3 is 0 Å². The van der Waals surface area contributed by atoms with Crippen molar-refractivity contribution in [3.63, 3.8) is 0 Å². The first kappa shape index (κ1) is 15.6. The first-order chi connectivity index (χ1) is 9.42. The molecule has 0 aromatic carbocycles. The summed E-state index contributed by atoms with van der Waals surface area (Å²) in [5.74, 6) is 1.74. The fourth-order valence-corrected chi connectivity index (χ4v) is 3.88. The topological polar surface area (TPSA) is 0 Å². The molecule has 0 heterocycles. The van der Waals surface area contributed by atoms with E-state index in [9.17, 15) is 0 Å². The van der Waals surface area contributed by atoms with Crippen LogP contribution in [0.2, 0.25) is 0 Å². The van der Waals surface area contributed by atoms with Crippen molar-refractivity contribution < 1.29 is 0 Å². The minimum absolute atomic E-state index is 0.520. The van der Waals surface area contributed by atoms with Crippen LogP contribution in [0.5, 0.6) is 0 Å². The van der Waals surface area contributed by atoms with Crippen molar-refractivity contribution in [1.82, 2.24) is 0 Å². The predicted molar refractivity (Wildman–Crippen MR) is 89.7 cm³/mol. The van der Waals surface area contributed by atoms with Crippen molar-refractivity contribution in [2.45, 2.75) is 72.6 Å². The SMILES string of the molecule is C=C1CC/C=C(/C)CC[C@](C)(CCC=C(C)C)[C@H]2C[C@H]12. The molecule has 0 amide bonds. The lowest BCUT2D eigenvalue weighted by Crippen LogP contribution is -2.21. The Kier molecular flexibility index (Phi) is 4.94. The van der Waals surface area contributed by atoms with Gasteiger partial charge in [0.25, 0.3) is 0 Å². The van der Waals surface area contributed by atoms with Crippen LogP contribution < -0.4 is 0 Å². The minimum Gasteiger partial charge on any atom is -0.0996 e. The maximum Gasteiger partial charge on any atom is -0.0169 e. The molecule has 20 heavy (non-hydrogen) atoms. The molecule has 0 nitrogen and oxygen atoms in total. The van der Waals surface area contributed by atoms with E-state index in [1.807, 2.05) is 0 Å². The highest BCUT2D eigenvalue weighted by Gasteiger charge is 2.49. The van der Waals surface area contributed by atoms with Crippen LogP contribution in [0, 0.1) is 17.3 Å². The molecule has 0 heteroatoms. The molecule has 0 saturated heterocycles. The lowest BCUT2D eigenvalue weighted by Gasteiger charge is -2.31. The van der Waals surface area contributed by atoms with E-state index in [1.165, 1.54) is 56.1 Å². The van der Waals surface area contributed by atoms with Crippen LogP contribution in [-0.4, -0.2) is 0 Å². The van der Waals surface area contributed by atoms with Crippen molar-refractivity contribution in [1.29, 1.82) is 0 Å². The Bertz CT molecular complexity index is 419. The molecule has 2 aliphatic carbocycles. The van der Waals surface area contributed by atoms with Crippen LogP contribution in [0.15, 0.2) is 35.5 Å². The Labute approximate surface area is 126 Å². The van der Waals surface area contributed by atoms with Crippen molar-refractivity contribution in [2.75, 3.05) is 0 Å². The van der Waals surface area contributed by atoms with Crippen molar-refractivity contribution in [3.05, 3.63) is 35.5 Å². The molecule has 1 fully saturated rings. The first-order valence-electron chi connectivity index (χ1n) is 8.39. The summed E-state index contributed by atoms with van der Waals surface area (Å²) in [5.41, 5.74) is 5.09. The molecule has 0 bridgehead atoms. The Hall–Kier alpha value is -0.780. The standard InChI is InChI=1S/C20H32/c1-15(2)8-7-12-20(5)13-11-16(3)9-6-10-17(4)18-14-19(18)20/h8-9,18-19H,4,6-7,10-14H2,1-3,5H3/b16-9-/t18-,19+,20+/m1/s1. The van der Waals surface area contributed by atoms with E-state index >= 15 is 0 Å². The number of hydrogen-bond acceptors (Lipinski definition) is 0. The average molecular weight is 272 g/mol. The van der Waals surface area contributed by atoms with Crippen LogP contribution in [0.3, 0.4) is 0 Å². The van der Waals surface area contributed by atoms with E-state index < -0.39 is 0 Å². The van der Waals surface area contributed by atoms with Gasteiger partial charge < -0.3 is 0 Å². The van der Waals surface area contributed by atoms with Crippen LogP contribution in [0.1, 0.15) is 72.6 Å². The van der Waals surface area contributed by atoms with Gasteiger partial charge in [0.2, 0.25) is 0 Å². The second kappa shape index (κ2) is 6.33. The molecule has 112 valence electrons. The van der Waals surface area contributed by atoms with E-state index in [2.05, 4.69) is 46.4 Å². The van der Waals surface area contributed by atoms with Gasteiger partial charge in [-0.25, -0.2) is 0 Å². The van der Waals surface area contributed by atoms with E-state index in [1.54, 1.807) is 5.57 Å². The summed E-state index contributed by atoms with van der Waals surface area (Å²) >= 11 is 0. The Morgan fingerprint density at radius 2 is 2.15 bits per heavy atom. The second-order valence-electron chi connectivity index (χ2n) is 7.67. The summed E-state index contributed by atoms with van der Waals surface area (Å²) in [7, 11) is 0. The molecule has 0 unspecified atom stereocenters. The van der Waals surface area contributed by atoms with Crippen LogP contribution in [-0.2, 0) is 0 Å². The lowest BCUT2D eigenvalue weighted by atomic mass is 9.74. The summed E-state index contributed by atoms with van der Waals surface area (Å²) < 4.78 is 0. The van der Waals surface area contributed by atoms with Gasteiger partial charge in [-0.1, -0.05) is 42.4 Å². The number of rotatable bonds is 3. The molecule has 1 saturated carbocycles. The van der Waals surface area contributed by atoms with E-state index in [0.29, 0.717) is 5.41 Å². The van der Waals surface area contributed by atoms with Crippen LogP contribution >= 0.6 is 0 Å². The van der Waals surface area contributed by atoms with Gasteiger partial charge in [-0.05, 0) is 83.0 Å². The molecule has 0 aromatic heterocycles. The van der Waals surface area contributed by atoms with E-state index in [-0.39, 0.29) is 0 Å². The summed E-state index contributed by atoms with van der Waals surface area (Å²) in [6, 6.07) is 0. The van der Waals surface area contributed by atoms with Gasteiger partial charge in [-0.2, -0.15) is 0 Å². The minimum atomic E-state index is 0.520. The first-order valence-corrected chi connectivity index (χ1v) is 8.39. The monoisotopic (exact) mass is 272 g/mol. The van der Waals surface area contributed by atoms with Gasteiger partial charge in [0.05, 0.1) is 0 Å². The zero-order chi connectivity index (χ0) is 14.8. The third kappa shape index (κ3) is 3.87. The number of fused-ring (bicyclic) bond motifs is 1. The number of allylic oxidation sites excluding steroid dienone is 5. The third-order valence-corrected chi connectivity index (χ3v) is 5.53. The lowest BCUT2D eigenvalue weighted by molar-refractivity contribution is 0.219. The normalized spacial score (nSPS) is 36.6. The van der Waals surface area contributed by atoms with Crippen LogP contribution in [0.25, 0.3) is 0 Å². The Balaban J connectivity index is 2.08.